The maximum Gasteiger partial charge on any atom is 0.329 e. The van der Waals surface area contributed by atoms with Crippen molar-refractivity contribution in [2.24, 2.45) is 0 Å². The van der Waals surface area contributed by atoms with Crippen LogP contribution in [-0.2, 0) is 14.3 Å². The van der Waals surface area contributed by atoms with Crippen LogP contribution in [0.2, 0.25) is 0 Å². The largest absolute Gasteiger partial charge is 0.497 e. The molecule has 0 N–H and O–H groups in total. The van der Waals surface area contributed by atoms with Crippen molar-refractivity contribution in [2.75, 3.05) is 13.7 Å². The Labute approximate surface area is 150 Å². The Morgan fingerprint density at radius 3 is 2.56 bits per heavy atom. The van der Waals surface area contributed by atoms with Gasteiger partial charge in [0.1, 0.15) is 11.8 Å². The summed E-state index contributed by atoms with van der Waals surface area (Å²) >= 11 is 0.806. The Hall–Kier alpha value is -2.54. The van der Waals surface area contributed by atoms with Crippen LogP contribution in [0.15, 0.2) is 41.3 Å². The van der Waals surface area contributed by atoms with E-state index < -0.39 is 23.2 Å². The minimum Gasteiger partial charge on any atom is -0.497 e. The van der Waals surface area contributed by atoms with Crippen molar-refractivity contribution >= 4 is 35.0 Å². The van der Waals surface area contributed by atoms with Gasteiger partial charge in [0.15, 0.2) is 0 Å². The second kappa shape index (κ2) is 8.53. The van der Waals surface area contributed by atoms with E-state index in [4.69, 9.17) is 9.47 Å². The number of carbonyl (C=O) groups excluding carboxylic acids is 3. The van der Waals surface area contributed by atoms with Gasteiger partial charge >= 0.3 is 5.97 Å². The molecule has 0 unspecified atom stereocenters. The number of hydrogen-bond donors (Lipinski definition) is 0. The lowest BCUT2D eigenvalue weighted by atomic mass is 10.2. The van der Waals surface area contributed by atoms with Crippen LogP contribution in [0.25, 0.3) is 6.08 Å². The van der Waals surface area contributed by atoms with Crippen LogP contribution in [0.1, 0.15) is 19.4 Å². The van der Waals surface area contributed by atoms with E-state index in [9.17, 15) is 14.4 Å². The number of hydrogen-bond acceptors (Lipinski definition) is 6. The first kappa shape index (κ1) is 18.8. The van der Waals surface area contributed by atoms with Gasteiger partial charge in [-0.3, -0.25) is 14.5 Å². The molecule has 1 aromatic rings. The van der Waals surface area contributed by atoms with E-state index in [0.29, 0.717) is 0 Å². The number of esters is 1. The van der Waals surface area contributed by atoms with Crippen molar-refractivity contribution in [3.63, 3.8) is 0 Å². The molecule has 132 valence electrons. The number of allylic oxidation sites excluding steroid dienone is 2. The zero-order valence-electron chi connectivity index (χ0n) is 14.2. The van der Waals surface area contributed by atoms with E-state index >= 15 is 0 Å². The third-order valence-corrected chi connectivity index (χ3v) is 4.39. The van der Waals surface area contributed by atoms with E-state index in [1.54, 1.807) is 26.2 Å². The highest BCUT2D eigenvalue weighted by Gasteiger charge is 2.41. The van der Waals surface area contributed by atoms with Crippen LogP contribution in [-0.4, -0.2) is 41.8 Å². The molecule has 25 heavy (non-hydrogen) atoms. The van der Waals surface area contributed by atoms with Gasteiger partial charge in [-0.2, -0.15) is 0 Å². The number of thioether (sulfide) groups is 1. The van der Waals surface area contributed by atoms with Gasteiger partial charge in [-0.15, -0.1) is 0 Å². The predicted octanol–water partition coefficient (Wildman–Crippen LogP) is 3.24. The van der Waals surface area contributed by atoms with Crippen molar-refractivity contribution in [2.45, 2.75) is 19.9 Å². The molecule has 2 rings (SSSR count). The molecule has 1 atom stereocenters. The number of methoxy groups -OCH3 is 1. The summed E-state index contributed by atoms with van der Waals surface area (Å²) in [5.41, 5.74) is 0.927. The molecule has 0 bridgehead atoms. The molecule has 1 aromatic carbocycles. The summed E-state index contributed by atoms with van der Waals surface area (Å²) < 4.78 is 9.95. The van der Waals surface area contributed by atoms with Crippen molar-refractivity contribution in [1.29, 1.82) is 0 Å². The van der Waals surface area contributed by atoms with Gasteiger partial charge in [0.05, 0.1) is 18.6 Å². The monoisotopic (exact) mass is 361 g/mol. The summed E-state index contributed by atoms with van der Waals surface area (Å²) in [5.74, 6) is -0.332. The average Bonchev–Trinajstić information content (AvgIpc) is 2.89. The van der Waals surface area contributed by atoms with Crippen molar-refractivity contribution in [3.8, 4) is 5.75 Å². The molecule has 0 radical (unpaired) electrons. The molecule has 0 spiro atoms. The smallest absolute Gasteiger partial charge is 0.329 e. The maximum absolute atomic E-state index is 12.3. The molecule has 1 fully saturated rings. The van der Waals surface area contributed by atoms with Crippen LogP contribution in [0.5, 0.6) is 5.75 Å². The van der Waals surface area contributed by atoms with Crippen LogP contribution in [0.3, 0.4) is 0 Å². The summed E-state index contributed by atoms with van der Waals surface area (Å²) in [6.45, 7) is 3.34. The first-order valence-electron chi connectivity index (χ1n) is 7.72. The van der Waals surface area contributed by atoms with Crippen LogP contribution >= 0.6 is 11.8 Å². The fourth-order valence-corrected chi connectivity index (χ4v) is 3.02. The molecule has 0 saturated carbocycles. The highest BCUT2D eigenvalue weighted by molar-refractivity contribution is 8.18. The van der Waals surface area contributed by atoms with Crippen LogP contribution < -0.4 is 4.74 Å². The second-order valence-corrected chi connectivity index (χ2v) is 6.13. The van der Waals surface area contributed by atoms with Gasteiger partial charge in [0.25, 0.3) is 11.1 Å². The Balaban J connectivity index is 2.08. The lowest BCUT2D eigenvalue weighted by molar-refractivity contribution is -0.150. The van der Waals surface area contributed by atoms with E-state index in [-0.39, 0.29) is 11.5 Å². The first-order valence-corrected chi connectivity index (χ1v) is 8.54. The molecule has 0 aromatic heterocycles. The molecular weight excluding hydrogens is 342 g/mol. The summed E-state index contributed by atoms with van der Waals surface area (Å²) in [6, 6.07) is 6.46. The van der Waals surface area contributed by atoms with Gasteiger partial charge in [-0.05, 0) is 49.4 Å². The number of rotatable bonds is 6. The zero-order chi connectivity index (χ0) is 18.4. The minimum absolute atomic E-state index is 0.194. The number of carbonyl (C=O) groups is 3. The number of amides is 2. The standard InChI is InChI=1S/C18H19NO5S/c1-4-24-17(21)12(2)19-16(20)15(25-18(19)22)7-5-6-13-8-10-14(23-3)11-9-13/h5-12H,4H2,1-3H3/b6-5-,15-7+/t12-/m1/s1. The highest BCUT2D eigenvalue weighted by atomic mass is 32.2. The lowest BCUT2D eigenvalue weighted by Crippen LogP contribution is -2.42. The minimum atomic E-state index is -0.941. The molecule has 1 heterocycles. The normalized spacial score (nSPS) is 17.4. The van der Waals surface area contributed by atoms with E-state index in [0.717, 1.165) is 28.0 Å². The molecular formula is C18H19NO5S. The van der Waals surface area contributed by atoms with Crippen molar-refractivity contribution in [1.82, 2.24) is 4.90 Å². The number of ether oxygens (including phenoxy) is 2. The molecule has 7 heteroatoms. The van der Waals surface area contributed by atoms with E-state index in [1.165, 1.54) is 6.92 Å². The predicted molar refractivity (Wildman–Crippen MR) is 96.0 cm³/mol. The lowest BCUT2D eigenvalue weighted by Gasteiger charge is -2.19. The van der Waals surface area contributed by atoms with Crippen molar-refractivity contribution < 1.29 is 23.9 Å². The Morgan fingerprint density at radius 1 is 1.28 bits per heavy atom. The highest BCUT2D eigenvalue weighted by Crippen LogP contribution is 2.32. The zero-order valence-corrected chi connectivity index (χ0v) is 15.0. The quantitative estimate of drug-likeness (QED) is 0.572. The topological polar surface area (TPSA) is 72.9 Å². The summed E-state index contributed by atoms with van der Waals surface area (Å²) in [7, 11) is 1.60. The molecule has 1 aliphatic heterocycles. The summed E-state index contributed by atoms with van der Waals surface area (Å²) in [6.07, 6.45) is 5.06. The van der Waals surface area contributed by atoms with Gasteiger partial charge in [0.2, 0.25) is 0 Å². The fourth-order valence-electron chi connectivity index (χ4n) is 2.16. The Bertz CT molecular complexity index is 723. The molecule has 6 nitrogen and oxygen atoms in total. The third-order valence-electron chi connectivity index (χ3n) is 3.49. The van der Waals surface area contributed by atoms with Gasteiger partial charge in [-0.25, -0.2) is 4.79 Å². The van der Waals surface area contributed by atoms with Crippen LogP contribution in [0.4, 0.5) is 4.79 Å². The Morgan fingerprint density at radius 2 is 1.96 bits per heavy atom. The molecule has 1 saturated heterocycles. The summed E-state index contributed by atoms with van der Waals surface area (Å²) in [5, 5.41) is -0.477. The van der Waals surface area contributed by atoms with Crippen molar-refractivity contribution in [3.05, 3.63) is 46.9 Å². The second-order valence-electron chi connectivity index (χ2n) is 5.13. The number of imide groups is 1. The van der Waals surface area contributed by atoms with Gasteiger partial charge in [0, 0.05) is 0 Å². The van der Waals surface area contributed by atoms with Gasteiger partial charge < -0.3 is 9.47 Å². The molecule has 2 amide bonds. The fraction of sp³-hybridized carbons (Fsp3) is 0.278. The van der Waals surface area contributed by atoms with Gasteiger partial charge in [-0.1, -0.05) is 24.3 Å². The summed E-state index contributed by atoms with van der Waals surface area (Å²) in [4.78, 5) is 37.3. The van der Waals surface area contributed by atoms with E-state index in [2.05, 4.69) is 0 Å². The Kier molecular flexibility index (Phi) is 6.41. The van der Waals surface area contributed by atoms with E-state index in [1.807, 2.05) is 30.3 Å². The maximum atomic E-state index is 12.3. The number of nitrogens with zero attached hydrogens (tertiary/aromatic N) is 1. The van der Waals surface area contributed by atoms with Crippen LogP contribution in [0, 0.1) is 0 Å². The SMILES string of the molecule is CCOC(=O)[C@@H](C)N1C(=O)S/C(=C/C=C\c2ccc(OC)cc2)C1=O. The molecule has 0 aliphatic carbocycles. The molecule has 1 aliphatic rings. The third kappa shape index (κ3) is 4.51. The number of benzene rings is 1. The first-order chi connectivity index (χ1) is 12.0. The average molecular weight is 361 g/mol.